The Morgan fingerprint density at radius 3 is 2.71 bits per heavy atom. The lowest BCUT2D eigenvalue weighted by molar-refractivity contribution is -0.146. The molecule has 1 atom stereocenters. The maximum absolute atomic E-state index is 13.5. The molecule has 2 fully saturated rings. The van der Waals surface area contributed by atoms with E-state index in [1.54, 1.807) is 22.8 Å². The van der Waals surface area contributed by atoms with Gasteiger partial charge in [-0.1, -0.05) is 6.07 Å². The number of halogens is 2. The molecule has 2 saturated heterocycles. The summed E-state index contributed by atoms with van der Waals surface area (Å²) in [7, 11) is 0. The summed E-state index contributed by atoms with van der Waals surface area (Å²) in [6.07, 6.45) is 3.66. The molecule has 4 rings (SSSR count). The number of carbonyl (C=O) groups excluding carboxylic acids is 2. The van der Waals surface area contributed by atoms with Crippen LogP contribution >= 0.6 is 0 Å². The van der Waals surface area contributed by atoms with E-state index in [2.05, 4.69) is 0 Å². The zero-order valence-corrected chi connectivity index (χ0v) is 15.7. The van der Waals surface area contributed by atoms with Crippen molar-refractivity contribution in [3.63, 3.8) is 0 Å². The van der Waals surface area contributed by atoms with E-state index >= 15 is 0 Å². The monoisotopic (exact) mass is 388 g/mol. The fourth-order valence-corrected chi connectivity index (χ4v) is 4.36. The molecule has 1 spiro atoms. The van der Waals surface area contributed by atoms with Crippen LogP contribution in [0.3, 0.4) is 0 Å². The maximum Gasteiger partial charge on any atom is 0.257 e. The highest BCUT2D eigenvalue weighted by atomic mass is 19.2. The van der Waals surface area contributed by atoms with Crippen LogP contribution in [0.5, 0.6) is 0 Å². The van der Waals surface area contributed by atoms with Crippen molar-refractivity contribution >= 4 is 11.8 Å². The van der Waals surface area contributed by atoms with Crippen molar-refractivity contribution in [2.24, 2.45) is 5.41 Å². The van der Waals surface area contributed by atoms with Crippen LogP contribution in [0.2, 0.25) is 0 Å². The molecule has 1 aromatic carbocycles. The molecule has 7 heteroatoms. The smallest absolute Gasteiger partial charge is 0.257 e. The van der Waals surface area contributed by atoms with Crippen LogP contribution in [0.25, 0.3) is 0 Å². The van der Waals surface area contributed by atoms with Gasteiger partial charge in [0.05, 0.1) is 17.2 Å². The van der Waals surface area contributed by atoms with Crippen LogP contribution in [0, 0.1) is 24.0 Å². The lowest BCUT2D eigenvalue weighted by atomic mass is 9.78. The molecule has 28 heavy (non-hydrogen) atoms. The highest BCUT2D eigenvalue weighted by Gasteiger charge is 2.49. The normalized spacial score (nSPS) is 22.3. The Bertz CT molecular complexity index is 926. The van der Waals surface area contributed by atoms with Gasteiger partial charge in [0.15, 0.2) is 11.6 Å². The summed E-state index contributed by atoms with van der Waals surface area (Å²) in [6.45, 7) is 3.47. The highest BCUT2D eigenvalue weighted by molar-refractivity contribution is 5.96. The van der Waals surface area contributed by atoms with E-state index in [-0.39, 0.29) is 18.4 Å². The number of hydrogen-bond donors (Lipinski definition) is 0. The zero-order chi connectivity index (χ0) is 19.9. The number of rotatable bonds is 3. The molecule has 2 aliphatic heterocycles. The number of aryl methyl sites for hydroxylation is 1. The summed E-state index contributed by atoms with van der Waals surface area (Å²) in [4.78, 5) is 29.4. The molecule has 2 aromatic rings. The third-order valence-corrected chi connectivity index (χ3v) is 5.91. The molecule has 0 radical (unpaired) electrons. The van der Waals surface area contributed by atoms with Crippen LogP contribution in [0.4, 0.5) is 8.78 Å². The summed E-state index contributed by atoms with van der Waals surface area (Å²) in [5.41, 5.74) is 0.493. The van der Waals surface area contributed by atoms with E-state index in [0.29, 0.717) is 42.9 Å². The number of hydrogen-bond acceptors (Lipinski definition) is 3. The summed E-state index contributed by atoms with van der Waals surface area (Å²) >= 11 is 0. The van der Waals surface area contributed by atoms with Crippen molar-refractivity contribution in [2.45, 2.75) is 32.7 Å². The van der Waals surface area contributed by atoms with E-state index < -0.39 is 17.0 Å². The van der Waals surface area contributed by atoms with E-state index in [4.69, 9.17) is 4.42 Å². The van der Waals surface area contributed by atoms with Gasteiger partial charge < -0.3 is 14.2 Å². The van der Waals surface area contributed by atoms with E-state index in [1.807, 2.05) is 0 Å². The highest BCUT2D eigenvalue weighted by Crippen LogP contribution is 2.41. The summed E-state index contributed by atoms with van der Waals surface area (Å²) in [5, 5.41) is 0. The second-order valence-corrected chi connectivity index (χ2v) is 7.73. The number of piperidine rings is 1. The minimum Gasteiger partial charge on any atom is -0.469 e. The largest absolute Gasteiger partial charge is 0.469 e. The molecular weight excluding hydrogens is 366 g/mol. The van der Waals surface area contributed by atoms with Crippen molar-refractivity contribution in [3.05, 3.63) is 59.1 Å². The third kappa shape index (κ3) is 3.19. The quantitative estimate of drug-likeness (QED) is 0.809. The van der Waals surface area contributed by atoms with Gasteiger partial charge >= 0.3 is 0 Å². The second-order valence-electron chi connectivity index (χ2n) is 7.73. The predicted octanol–water partition coefficient (Wildman–Crippen LogP) is 3.52. The van der Waals surface area contributed by atoms with Gasteiger partial charge in [0, 0.05) is 26.2 Å². The molecule has 0 bridgehead atoms. The molecule has 5 nitrogen and oxygen atoms in total. The van der Waals surface area contributed by atoms with Gasteiger partial charge in [-0.3, -0.25) is 9.59 Å². The fourth-order valence-electron chi connectivity index (χ4n) is 4.36. The van der Waals surface area contributed by atoms with Crippen LogP contribution < -0.4 is 0 Å². The third-order valence-electron chi connectivity index (χ3n) is 5.91. The number of benzene rings is 1. The zero-order valence-electron chi connectivity index (χ0n) is 15.7. The Morgan fingerprint density at radius 1 is 1.18 bits per heavy atom. The van der Waals surface area contributed by atoms with Gasteiger partial charge in [-0.25, -0.2) is 8.78 Å². The lowest BCUT2D eigenvalue weighted by Gasteiger charge is -2.39. The Hall–Kier alpha value is -2.70. The minimum atomic E-state index is -0.912. The van der Waals surface area contributed by atoms with Gasteiger partial charge in [0.1, 0.15) is 5.76 Å². The van der Waals surface area contributed by atoms with Crippen LogP contribution in [0.1, 0.15) is 40.9 Å². The van der Waals surface area contributed by atoms with Crippen molar-refractivity contribution in [2.75, 3.05) is 19.6 Å². The Balaban J connectivity index is 1.49. The van der Waals surface area contributed by atoms with Gasteiger partial charge in [-0.05, 0) is 49.9 Å². The first kappa shape index (κ1) is 18.7. The van der Waals surface area contributed by atoms with Gasteiger partial charge in [0.25, 0.3) is 5.91 Å². The Kier molecular flexibility index (Phi) is 4.69. The van der Waals surface area contributed by atoms with E-state index in [0.717, 1.165) is 25.0 Å². The average molecular weight is 388 g/mol. The molecule has 0 aliphatic carbocycles. The standard InChI is InChI=1S/C21H22F2N2O3/c1-14-16(5-10-28-14)19(26)25-9-7-21(13-25)6-2-8-24(20(21)27)12-15-3-4-17(22)18(23)11-15/h3-5,10-11H,2,6-9,12-13H2,1H3/t21-/m1/s1. The molecule has 2 amide bonds. The molecule has 2 aliphatic rings. The van der Waals surface area contributed by atoms with Crippen molar-refractivity contribution in [3.8, 4) is 0 Å². The van der Waals surface area contributed by atoms with Crippen molar-refractivity contribution in [1.29, 1.82) is 0 Å². The number of likely N-dealkylation sites (tertiary alicyclic amines) is 2. The van der Waals surface area contributed by atoms with Crippen LogP contribution in [-0.4, -0.2) is 41.2 Å². The summed E-state index contributed by atoms with van der Waals surface area (Å²) in [6, 6.07) is 5.37. The predicted molar refractivity (Wildman–Crippen MR) is 97.4 cm³/mol. The van der Waals surface area contributed by atoms with Crippen LogP contribution in [-0.2, 0) is 11.3 Å². The summed E-state index contributed by atoms with van der Waals surface area (Å²) < 4.78 is 31.9. The lowest BCUT2D eigenvalue weighted by Crippen LogP contribution is -2.50. The molecule has 0 unspecified atom stereocenters. The SMILES string of the molecule is Cc1occc1C(=O)N1CC[C@]2(CCCN(Cc3ccc(F)c(F)c3)C2=O)C1. The number of furan rings is 1. The molecule has 0 saturated carbocycles. The van der Waals surface area contributed by atoms with Crippen molar-refractivity contribution < 1.29 is 22.8 Å². The molecule has 148 valence electrons. The maximum atomic E-state index is 13.5. The Morgan fingerprint density at radius 2 is 2.00 bits per heavy atom. The Labute approximate surface area is 161 Å². The number of nitrogens with zero attached hydrogens (tertiary/aromatic N) is 2. The first-order valence-electron chi connectivity index (χ1n) is 9.46. The van der Waals surface area contributed by atoms with E-state index in [1.165, 1.54) is 12.3 Å². The average Bonchev–Trinajstić information content (AvgIpc) is 3.29. The topological polar surface area (TPSA) is 53.8 Å². The number of carbonyl (C=O) groups is 2. The van der Waals surface area contributed by atoms with Gasteiger partial charge in [-0.15, -0.1) is 0 Å². The second kappa shape index (κ2) is 7.04. The van der Waals surface area contributed by atoms with Gasteiger partial charge in [-0.2, -0.15) is 0 Å². The fraction of sp³-hybridized carbons (Fsp3) is 0.429. The molecule has 0 N–H and O–H groups in total. The summed E-state index contributed by atoms with van der Waals surface area (Å²) in [5.74, 6) is -1.37. The molecular formula is C21H22F2N2O3. The van der Waals surface area contributed by atoms with Crippen molar-refractivity contribution in [1.82, 2.24) is 9.80 Å². The first-order valence-corrected chi connectivity index (χ1v) is 9.46. The van der Waals surface area contributed by atoms with E-state index in [9.17, 15) is 18.4 Å². The van der Waals surface area contributed by atoms with Crippen LogP contribution in [0.15, 0.2) is 34.9 Å². The van der Waals surface area contributed by atoms with Gasteiger partial charge in [0.2, 0.25) is 5.91 Å². The molecule has 1 aromatic heterocycles. The number of amides is 2. The first-order chi connectivity index (χ1) is 13.4. The minimum absolute atomic E-state index is 0.0114. The molecule has 3 heterocycles.